The number of carbonyl (C=O) groups is 1. The number of nitrogens with zero attached hydrogens (tertiary/aromatic N) is 3. The van der Waals surface area contributed by atoms with Crippen LogP contribution in [-0.2, 0) is 10.0 Å². The Morgan fingerprint density at radius 2 is 1.81 bits per heavy atom. The quantitative estimate of drug-likeness (QED) is 0.315. The van der Waals surface area contributed by atoms with Crippen molar-refractivity contribution in [1.82, 2.24) is 14.3 Å². The van der Waals surface area contributed by atoms with Gasteiger partial charge in [-0.05, 0) is 66.5 Å². The van der Waals surface area contributed by atoms with Gasteiger partial charge in [0.2, 0.25) is 10.0 Å². The van der Waals surface area contributed by atoms with E-state index in [0.717, 1.165) is 40.2 Å². The van der Waals surface area contributed by atoms with Crippen LogP contribution >= 0.6 is 22.7 Å². The van der Waals surface area contributed by atoms with Gasteiger partial charge in [0.15, 0.2) is 5.13 Å². The number of anilines is 1. The molecule has 2 aromatic carbocycles. The molecule has 2 bridgehead atoms. The molecular formula is C27H28N4O3S3. The monoisotopic (exact) mass is 552 g/mol. The van der Waals surface area contributed by atoms with E-state index in [9.17, 15) is 13.2 Å². The van der Waals surface area contributed by atoms with Gasteiger partial charge < -0.3 is 0 Å². The highest BCUT2D eigenvalue weighted by atomic mass is 32.2. The smallest absolute Gasteiger partial charge is 0.257 e. The van der Waals surface area contributed by atoms with E-state index < -0.39 is 10.0 Å². The molecule has 2 aliphatic rings. The zero-order chi connectivity index (χ0) is 26.0. The van der Waals surface area contributed by atoms with Crippen molar-refractivity contribution < 1.29 is 13.2 Å². The van der Waals surface area contributed by atoms with Crippen molar-refractivity contribution in [2.75, 3.05) is 11.9 Å². The maximum Gasteiger partial charge on any atom is 0.257 e. The van der Waals surface area contributed by atoms with Crippen LogP contribution in [0, 0.1) is 10.8 Å². The normalized spacial score (nSPS) is 23.4. The zero-order valence-corrected chi connectivity index (χ0v) is 23.3. The number of thiazole rings is 2. The lowest BCUT2D eigenvalue weighted by Gasteiger charge is -2.39. The second-order valence-corrected chi connectivity index (χ2v) is 15.0. The molecule has 1 saturated carbocycles. The van der Waals surface area contributed by atoms with Crippen LogP contribution in [0.4, 0.5) is 5.13 Å². The molecule has 10 heteroatoms. The van der Waals surface area contributed by atoms with Gasteiger partial charge in [0.25, 0.3) is 5.91 Å². The van der Waals surface area contributed by atoms with E-state index in [4.69, 9.17) is 0 Å². The molecule has 1 N–H and O–H groups in total. The Morgan fingerprint density at radius 3 is 2.57 bits per heavy atom. The molecule has 2 aromatic heterocycles. The molecule has 4 aromatic rings. The molecule has 1 aliphatic carbocycles. The molecule has 6 rings (SSSR count). The molecular weight excluding hydrogens is 525 g/mol. The van der Waals surface area contributed by atoms with E-state index in [1.165, 1.54) is 23.5 Å². The highest BCUT2D eigenvalue weighted by Gasteiger charge is 2.53. The summed E-state index contributed by atoms with van der Waals surface area (Å²) in [6.45, 7) is 7.20. The number of carbonyl (C=O) groups excluding carboxylic acids is 1. The third-order valence-corrected chi connectivity index (χ3v) is 11.1. The van der Waals surface area contributed by atoms with Gasteiger partial charge in [0.05, 0.1) is 15.1 Å². The van der Waals surface area contributed by atoms with E-state index in [1.807, 2.05) is 29.6 Å². The summed E-state index contributed by atoms with van der Waals surface area (Å²) in [7, 11) is -3.64. The number of amides is 1. The van der Waals surface area contributed by atoms with Crippen LogP contribution in [0.25, 0.3) is 20.9 Å². The van der Waals surface area contributed by atoms with Crippen LogP contribution in [-0.4, -0.2) is 41.2 Å². The molecule has 0 unspecified atom stereocenters. The number of fused-ring (bicyclic) bond motifs is 3. The van der Waals surface area contributed by atoms with Crippen molar-refractivity contribution in [2.45, 2.75) is 51.0 Å². The number of nitrogens with one attached hydrogen (secondary N) is 1. The Labute approximate surface area is 224 Å². The van der Waals surface area contributed by atoms with Crippen molar-refractivity contribution >= 4 is 54.0 Å². The number of hydrogen-bond donors (Lipinski definition) is 1. The van der Waals surface area contributed by atoms with E-state index in [0.29, 0.717) is 17.2 Å². The summed E-state index contributed by atoms with van der Waals surface area (Å²) in [5.41, 5.74) is 2.16. The van der Waals surface area contributed by atoms with Crippen LogP contribution in [0.15, 0.2) is 58.8 Å². The SMILES string of the molecule is CC1(C)C[C@@H]2C[C@@](C)(CN2S(=O)(=O)c2ccc(C(=O)Nc3nc(-c4nc5ccccc5s4)cs3)cc2)C1. The van der Waals surface area contributed by atoms with Crippen molar-refractivity contribution in [1.29, 1.82) is 0 Å². The topological polar surface area (TPSA) is 92.3 Å². The van der Waals surface area contributed by atoms with Crippen molar-refractivity contribution in [2.24, 2.45) is 10.8 Å². The number of hydrogen-bond acceptors (Lipinski definition) is 7. The van der Waals surface area contributed by atoms with Gasteiger partial charge in [-0.2, -0.15) is 4.31 Å². The number of aromatic nitrogens is 2. The van der Waals surface area contributed by atoms with E-state index in [-0.39, 0.29) is 27.7 Å². The molecule has 1 aliphatic heterocycles. The second kappa shape index (κ2) is 8.69. The third-order valence-electron chi connectivity index (χ3n) is 7.33. The molecule has 7 nitrogen and oxygen atoms in total. The summed E-state index contributed by atoms with van der Waals surface area (Å²) >= 11 is 2.89. The van der Waals surface area contributed by atoms with Gasteiger partial charge >= 0.3 is 0 Å². The van der Waals surface area contributed by atoms with Crippen LogP contribution in [0.1, 0.15) is 50.4 Å². The van der Waals surface area contributed by atoms with Gasteiger partial charge in [-0.15, -0.1) is 22.7 Å². The number of sulfonamides is 1. The molecule has 2 fully saturated rings. The summed E-state index contributed by atoms with van der Waals surface area (Å²) in [6.07, 6.45) is 2.80. The number of benzene rings is 2. The highest BCUT2D eigenvalue weighted by molar-refractivity contribution is 7.89. The molecule has 3 heterocycles. The second-order valence-electron chi connectivity index (χ2n) is 11.3. The fraction of sp³-hybridized carbons (Fsp3) is 0.370. The average molecular weight is 553 g/mol. The third kappa shape index (κ3) is 4.60. The van der Waals surface area contributed by atoms with Crippen LogP contribution < -0.4 is 5.32 Å². The Bertz CT molecular complexity index is 1570. The minimum Gasteiger partial charge on any atom is -0.298 e. The van der Waals surface area contributed by atoms with Gasteiger partial charge in [-0.25, -0.2) is 18.4 Å². The number of para-hydroxylation sites is 1. The molecule has 0 spiro atoms. The lowest BCUT2D eigenvalue weighted by Crippen LogP contribution is -2.37. The summed E-state index contributed by atoms with van der Waals surface area (Å²) in [6, 6.07) is 14.1. The van der Waals surface area contributed by atoms with Gasteiger partial charge in [0.1, 0.15) is 10.7 Å². The van der Waals surface area contributed by atoms with Crippen LogP contribution in [0.3, 0.4) is 0 Å². The molecule has 1 amide bonds. The summed E-state index contributed by atoms with van der Waals surface area (Å²) in [4.78, 5) is 22.2. The summed E-state index contributed by atoms with van der Waals surface area (Å²) in [5, 5.41) is 5.97. The maximum atomic E-state index is 13.5. The van der Waals surface area contributed by atoms with Crippen LogP contribution in [0.2, 0.25) is 0 Å². The van der Waals surface area contributed by atoms with E-state index >= 15 is 0 Å². The lowest BCUT2D eigenvalue weighted by atomic mass is 9.65. The molecule has 1 saturated heterocycles. The Balaban J connectivity index is 1.16. The Morgan fingerprint density at radius 1 is 1.05 bits per heavy atom. The first-order valence-corrected chi connectivity index (χ1v) is 15.4. The fourth-order valence-corrected chi connectivity index (χ4v) is 9.65. The molecule has 2 atom stereocenters. The Hall–Kier alpha value is -2.66. The van der Waals surface area contributed by atoms with Crippen molar-refractivity contribution in [3.8, 4) is 10.7 Å². The maximum absolute atomic E-state index is 13.5. The molecule has 37 heavy (non-hydrogen) atoms. The Kier molecular flexibility index (Phi) is 5.79. The minimum atomic E-state index is -3.64. The first kappa shape index (κ1) is 24.7. The molecule has 0 radical (unpaired) electrons. The van der Waals surface area contributed by atoms with Crippen molar-refractivity contribution in [3.63, 3.8) is 0 Å². The molecule has 192 valence electrons. The van der Waals surface area contributed by atoms with Gasteiger partial charge in [-0.1, -0.05) is 32.9 Å². The largest absolute Gasteiger partial charge is 0.298 e. The standard InChI is InChI=1S/C27H28N4O3S3/c1-26(2)12-18-13-27(3,15-26)16-31(18)37(33,34)19-10-8-17(9-11-19)23(32)30-25-29-21(14-35-25)24-28-20-6-4-5-7-22(20)36-24/h4-11,14,18H,12-13,15-16H2,1-3H3,(H,29,30,32)/t18-,27-/m1/s1. The fourth-order valence-electron chi connectivity index (χ4n) is 6.18. The van der Waals surface area contributed by atoms with E-state index in [2.05, 4.69) is 36.1 Å². The van der Waals surface area contributed by atoms with Gasteiger partial charge in [0, 0.05) is 23.5 Å². The minimum absolute atomic E-state index is 0.0111. The first-order valence-electron chi connectivity index (χ1n) is 12.3. The summed E-state index contributed by atoms with van der Waals surface area (Å²) in [5.74, 6) is -0.333. The predicted octanol–water partition coefficient (Wildman–Crippen LogP) is 6.26. The van der Waals surface area contributed by atoms with Gasteiger partial charge in [-0.3, -0.25) is 10.1 Å². The predicted molar refractivity (Wildman–Crippen MR) is 149 cm³/mol. The lowest BCUT2D eigenvalue weighted by molar-refractivity contribution is 0.102. The number of rotatable bonds is 5. The average Bonchev–Trinajstić information content (AvgIpc) is 3.54. The summed E-state index contributed by atoms with van der Waals surface area (Å²) < 4.78 is 29.8. The van der Waals surface area contributed by atoms with E-state index in [1.54, 1.807) is 27.8 Å². The first-order chi connectivity index (χ1) is 17.5. The zero-order valence-electron chi connectivity index (χ0n) is 20.9. The highest BCUT2D eigenvalue weighted by Crippen LogP contribution is 2.53. The van der Waals surface area contributed by atoms with Crippen molar-refractivity contribution in [3.05, 3.63) is 59.5 Å². The van der Waals surface area contributed by atoms with Crippen LogP contribution in [0.5, 0.6) is 0 Å².